The third-order valence-corrected chi connectivity index (χ3v) is 0.589. The van der Waals surface area contributed by atoms with Crippen LogP contribution in [0.4, 0.5) is 0 Å². The fourth-order valence-corrected chi connectivity index (χ4v) is 0.178. The molecule has 0 bridgehead atoms. The molecule has 0 aromatic rings. The van der Waals surface area contributed by atoms with Gasteiger partial charge in [0.2, 0.25) is 0 Å². The molecule has 0 fully saturated rings. The van der Waals surface area contributed by atoms with E-state index in [1.165, 1.54) is 6.21 Å². The van der Waals surface area contributed by atoms with Crippen molar-refractivity contribution in [1.29, 1.82) is 0 Å². The summed E-state index contributed by atoms with van der Waals surface area (Å²) in [5, 5.41) is 3.26. The second-order valence-electron chi connectivity index (χ2n) is 1.52. The van der Waals surface area contributed by atoms with E-state index in [0.717, 1.165) is 0 Å². The van der Waals surface area contributed by atoms with Gasteiger partial charge in [-0.25, -0.2) is 4.79 Å². The Kier molecular flexibility index (Phi) is 3.35. The lowest BCUT2D eigenvalue weighted by Gasteiger charge is -1.91. The molecule has 0 amide bonds. The standard InChI is InChI=1S/C6H9NO2/c1-4-7-9-6(8)5(2)3/h4H,2H2,1,3H3. The van der Waals surface area contributed by atoms with E-state index in [2.05, 4.69) is 16.6 Å². The maximum Gasteiger partial charge on any atom is 0.360 e. The molecule has 0 unspecified atom stereocenters. The number of carbonyl (C=O) groups is 1. The summed E-state index contributed by atoms with van der Waals surface area (Å²) in [6.07, 6.45) is 1.39. The fourth-order valence-electron chi connectivity index (χ4n) is 0.178. The summed E-state index contributed by atoms with van der Waals surface area (Å²) in [5.41, 5.74) is 0.348. The normalized spacial score (nSPS) is 9.56. The Morgan fingerprint density at radius 1 is 1.78 bits per heavy atom. The summed E-state index contributed by atoms with van der Waals surface area (Å²) in [6.45, 7) is 6.58. The second kappa shape index (κ2) is 3.83. The highest BCUT2D eigenvalue weighted by molar-refractivity contribution is 5.87. The molecule has 0 saturated heterocycles. The Balaban J connectivity index is 3.65. The van der Waals surface area contributed by atoms with Crippen LogP contribution in [0.2, 0.25) is 0 Å². The Morgan fingerprint density at radius 2 is 2.33 bits per heavy atom. The molecule has 50 valence electrons. The van der Waals surface area contributed by atoms with Gasteiger partial charge in [0.15, 0.2) is 0 Å². The summed E-state index contributed by atoms with van der Waals surface area (Å²) in [4.78, 5) is 14.7. The number of nitrogens with zero attached hydrogens (tertiary/aromatic N) is 1. The van der Waals surface area contributed by atoms with Crippen LogP contribution in [-0.4, -0.2) is 12.2 Å². The molecule has 0 aromatic carbocycles. The summed E-state index contributed by atoms with van der Waals surface area (Å²) in [5.74, 6) is -0.492. The van der Waals surface area contributed by atoms with Crippen LogP contribution in [0.15, 0.2) is 17.3 Å². The summed E-state index contributed by atoms with van der Waals surface area (Å²) >= 11 is 0. The van der Waals surface area contributed by atoms with Crippen molar-refractivity contribution < 1.29 is 9.63 Å². The molecule has 0 radical (unpaired) electrons. The molecule has 0 aliphatic rings. The molecule has 0 spiro atoms. The van der Waals surface area contributed by atoms with Crippen molar-refractivity contribution in [2.45, 2.75) is 13.8 Å². The number of rotatable bonds is 2. The van der Waals surface area contributed by atoms with Crippen LogP contribution in [-0.2, 0) is 9.63 Å². The predicted octanol–water partition coefficient (Wildman–Crippen LogP) is 1.11. The van der Waals surface area contributed by atoms with E-state index in [9.17, 15) is 4.79 Å². The van der Waals surface area contributed by atoms with Crippen molar-refractivity contribution in [1.82, 2.24) is 0 Å². The molecule has 9 heavy (non-hydrogen) atoms. The van der Waals surface area contributed by atoms with Crippen molar-refractivity contribution in [2.75, 3.05) is 0 Å². The number of oxime groups is 1. The summed E-state index contributed by atoms with van der Waals surface area (Å²) in [7, 11) is 0. The first-order valence-electron chi connectivity index (χ1n) is 2.53. The molecule has 0 atom stereocenters. The number of hydrogen-bond donors (Lipinski definition) is 0. The van der Waals surface area contributed by atoms with Gasteiger partial charge in [-0.05, 0) is 13.8 Å². The van der Waals surface area contributed by atoms with E-state index < -0.39 is 5.97 Å². The van der Waals surface area contributed by atoms with Crippen LogP contribution >= 0.6 is 0 Å². The largest absolute Gasteiger partial charge is 0.360 e. The highest BCUT2D eigenvalue weighted by atomic mass is 16.7. The Labute approximate surface area is 54.0 Å². The van der Waals surface area contributed by atoms with E-state index in [-0.39, 0.29) is 0 Å². The van der Waals surface area contributed by atoms with E-state index in [1.54, 1.807) is 13.8 Å². The zero-order chi connectivity index (χ0) is 7.28. The predicted molar refractivity (Wildman–Crippen MR) is 35.1 cm³/mol. The Bertz CT molecular complexity index is 149. The zero-order valence-corrected chi connectivity index (χ0v) is 5.55. The molecule has 0 N–H and O–H groups in total. The van der Waals surface area contributed by atoms with Crippen molar-refractivity contribution in [3.8, 4) is 0 Å². The van der Waals surface area contributed by atoms with E-state index in [4.69, 9.17) is 0 Å². The quantitative estimate of drug-likeness (QED) is 0.241. The lowest BCUT2D eigenvalue weighted by Crippen LogP contribution is -1.99. The molecule has 0 saturated carbocycles. The van der Waals surface area contributed by atoms with Crippen LogP contribution < -0.4 is 0 Å². The SMILES string of the molecule is C=C(C)C(=O)ON=CC. The van der Waals surface area contributed by atoms with Crippen molar-refractivity contribution in [3.05, 3.63) is 12.2 Å². The molecule has 0 aliphatic carbocycles. The van der Waals surface area contributed by atoms with Crippen LogP contribution in [0.3, 0.4) is 0 Å². The van der Waals surface area contributed by atoms with Gasteiger partial charge in [-0.15, -0.1) is 0 Å². The van der Waals surface area contributed by atoms with Crippen molar-refractivity contribution in [3.63, 3.8) is 0 Å². The molecule has 3 nitrogen and oxygen atoms in total. The number of carbonyl (C=O) groups excluding carboxylic acids is 1. The average Bonchev–Trinajstić information content (AvgIpc) is 1.82. The van der Waals surface area contributed by atoms with Gasteiger partial charge in [0.25, 0.3) is 0 Å². The van der Waals surface area contributed by atoms with E-state index in [1.807, 2.05) is 0 Å². The molecular weight excluding hydrogens is 118 g/mol. The van der Waals surface area contributed by atoms with Gasteiger partial charge < -0.3 is 4.84 Å². The van der Waals surface area contributed by atoms with Crippen LogP contribution in [0, 0.1) is 0 Å². The van der Waals surface area contributed by atoms with Gasteiger partial charge in [-0.2, -0.15) is 0 Å². The highest BCUT2D eigenvalue weighted by Crippen LogP contribution is 1.90. The fraction of sp³-hybridized carbons (Fsp3) is 0.333. The van der Waals surface area contributed by atoms with Gasteiger partial charge in [0.1, 0.15) is 0 Å². The minimum atomic E-state index is -0.492. The Hall–Kier alpha value is -1.12. The minimum absolute atomic E-state index is 0.348. The molecule has 0 rings (SSSR count). The van der Waals surface area contributed by atoms with E-state index in [0.29, 0.717) is 5.57 Å². The first-order valence-corrected chi connectivity index (χ1v) is 2.53. The first kappa shape index (κ1) is 7.88. The maximum atomic E-state index is 10.5. The monoisotopic (exact) mass is 127 g/mol. The Morgan fingerprint density at radius 3 is 2.67 bits per heavy atom. The van der Waals surface area contributed by atoms with Gasteiger partial charge >= 0.3 is 5.97 Å². The van der Waals surface area contributed by atoms with Crippen LogP contribution in [0.1, 0.15) is 13.8 Å². The van der Waals surface area contributed by atoms with E-state index >= 15 is 0 Å². The molecule has 0 aromatic heterocycles. The molecule has 3 heteroatoms. The molecular formula is C6H9NO2. The molecule has 0 aliphatic heterocycles. The van der Waals surface area contributed by atoms with Crippen LogP contribution in [0.25, 0.3) is 0 Å². The van der Waals surface area contributed by atoms with Gasteiger partial charge in [0.05, 0.1) is 0 Å². The number of hydrogen-bond acceptors (Lipinski definition) is 3. The van der Waals surface area contributed by atoms with Gasteiger partial charge in [-0.3, -0.25) is 0 Å². The van der Waals surface area contributed by atoms with Crippen LogP contribution in [0.5, 0.6) is 0 Å². The smallest absolute Gasteiger partial charge is 0.314 e. The zero-order valence-electron chi connectivity index (χ0n) is 5.55. The summed E-state index contributed by atoms with van der Waals surface area (Å²) < 4.78 is 0. The lowest BCUT2D eigenvalue weighted by atomic mass is 10.4. The van der Waals surface area contributed by atoms with Gasteiger partial charge in [0, 0.05) is 11.8 Å². The molecule has 0 heterocycles. The minimum Gasteiger partial charge on any atom is -0.314 e. The van der Waals surface area contributed by atoms with Crippen molar-refractivity contribution in [2.24, 2.45) is 5.16 Å². The highest BCUT2D eigenvalue weighted by Gasteiger charge is 1.99. The lowest BCUT2D eigenvalue weighted by molar-refractivity contribution is -0.138. The van der Waals surface area contributed by atoms with Crippen molar-refractivity contribution >= 4 is 12.2 Å². The summed E-state index contributed by atoms with van der Waals surface area (Å²) in [6, 6.07) is 0. The average molecular weight is 127 g/mol. The first-order chi connectivity index (χ1) is 4.18. The van der Waals surface area contributed by atoms with Gasteiger partial charge in [-0.1, -0.05) is 11.7 Å². The third-order valence-electron chi connectivity index (χ3n) is 0.589. The third kappa shape index (κ3) is 3.46. The maximum absolute atomic E-state index is 10.5. The topological polar surface area (TPSA) is 38.7 Å². The second-order valence-corrected chi connectivity index (χ2v) is 1.52.